The first-order valence-corrected chi connectivity index (χ1v) is 12.2. The fourth-order valence-electron chi connectivity index (χ4n) is 3.21. The van der Waals surface area contributed by atoms with Crippen LogP contribution >= 0.6 is 46.3 Å². The number of benzene rings is 2. The molecule has 0 aliphatic carbocycles. The van der Waals surface area contributed by atoms with Gasteiger partial charge in [0, 0.05) is 28.8 Å². The molecule has 0 saturated carbocycles. The van der Waals surface area contributed by atoms with E-state index in [9.17, 15) is 0 Å². The van der Waals surface area contributed by atoms with Crippen molar-refractivity contribution in [2.45, 2.75) is 17.5 Å². The maximum absolute atomic E-state index is 6.19. The highest BCUT2D eigenvalue weighted by Gasteiger charge is 2.17. The van der Waals surface area contributed by atoms with E-state index in [0.29, 0.717) is 28.2 Å². The van der Waals surface area contributed by atoms with Gasteiger partial charge < -0.3 is 9.47 Å². The minimum Gasteiger partial charge on any atom is -0.454 e. The number of hydrogen-bond donors (Lipinski definition) is 0. The van der Waals surface area contributed by atoms with Gasteiger partial charge in [-0.15, -0.1) is 28.1 Å². The molecule has 5 rings (SSSR count). The van der Waals surface area contributed by atoms with Crippen LogP contribution in [0.3, 0.4) is 0 Å². The summed E-state index contributed by atoms with van der Waals surface area (Å²) in [6.45, 7) is 4.69. The van der Waals surface area contributed by atoms with Crippen LogP contribution in [0.1, 0.15) is 5.69 Å². The van der Waals surface area contributed by atoms with E-state index in [4.69, 9.17) is 37.7 Å². The van der Waals surface area contributed by atoms with E-state index >= 15 is 0 Å². The number of halogens is 2. The molecule has 0 unspecified atom stereocenters. The van der Waals surface area contributed by atoms with Gasteiger partial charge in [0.2, 0.25) is 6.79 Å². The first-order valence-electron chi connectivity index (χ1n) is 9.59. The van der Waals surface area contributed by atoms with Crippen molar-refractivity contribution < 1.29 is 9.47 Å². The molecule has 0 radical (unpaired) electrons. The molecule has 0 N–H and O–H groups in total. The van der Waals surface area contributed by atoms with Crippen LogP contribution in [0.15, 0.2) is 59.6 Å². The normalized spacial score (nSPS) is 12.3. The number of fused-ring (bicyclic) bond motifs is 1. The van der Waals surface area contributed by atoms with Gasteiger partial charge in [-0.25, -0.2) is 4.98 Å². The smallest absolute Gasteiger partial charge is 0.231 e. The van der Waals surface area contributed by atoms with Crippen molar-refractivity contribution in [1.29, 1.82) is 0 Å². The zero-order chi connectivity index (χ0) is 22.1. The van der Waals surface area contributed by atoms with Gasteiger partial charge in [0.25, 0.3) is 0 Å². The summed E-state index contributed by atoms with van der Waals surface area (Å²) in [4.78, 5) is 4.77. The second-order valence-electron chi connectivity index (χ2n) is 6.84. The number of thioether (sulfide) groups is 1. The minimum atomic E-state index is 0.258. The SMILES string of the molecule is C=CCn1c(SCc2csc(-c3ccc4c(c3)OCO4)n2)nnc1-c1ccc(Cl)c(Cl)c1. The molecule has 1 aliphatic rings. The largest absolute Gasteiger partial charge is 0.454 e. The van der Waals surface area contributed by atoms with E-state index in [1.165, 1.54) is 0 Å². The zero-order valence-electron chi connectivity index (χ0n) is 16.6. The van der Waals surface area contributed by atoms with E-state index in [-0.39, 0.29) is 6.79 Å². The average Bonchev–Trinajstić information content (AvgIpc) is 3.54. The van der Waals surface area contributed by atoms with Crippen molar-refractivity contribution in [2.75, 3.05) is 6.79 Å². The Kier molecular flexibility index (Phi) is 6.10. The summed E-state index contributed by atoms with van der Waals surface area (Å²) in [6.07, 6.45) is 1.81. The summed E-state index contributed by atoms with van der Waals surface area (Å²) in [5, 5.41) is 13.5. The molecule has 0 saturated heterocycles. The molecule has 4 aromatic rings. The molecule has 2 aromatic carbocycles. The van der Waals surface area contributed by atoms with Crippen LogP contribution in [0.2, 0.25) is 10.0 Å². The van der Waals surface area contributed by atoms with Crippen LogP contribution in [0.5, 0.6) is 11.5 Å². The van der Waals surface area contributed by atoms with Gasteiger partial charge in [-0.2, -0.15) is 0 Å². The highest BCUT2D eigenvalue weighted by atomic mass is 35.5. The lowest BCUT2D eigenvalue weighted by Gasteiger charge is -2.08. The molecule has 0 bridgehead atoms. The lowest BCUT2D eigenvalue weighted by Crippen LogP contribution is -2.00. The third kappa shape index (κ3) is 4.23. The summed E-state index contributed by atoms with van der Waals surface area (Å²) >= 11 is 15.4. The maximum atomic E-state index is 6.19. The van der Waals surface area contributed by atoms with Crippen LogP contribution in [0.4, 0.5) is 0 Å². The fourth-order valence-corrected chi connectivity index (χ4v) is 5.27. The van der Waals surface area contributed by atoms with Crippen LogP contribution in [-0.4, -0.2) is 26.5 Å². The second-order valence-corrected chi connectivity index (χ2v) is 9.45. The van der Waals surface area contributed by atoms with E-state index in [1.54, 1.807) is 35.2 Å². The molecule has 0 fully saturated rings. The molecule has 3 heterocycles. The Morgan fingerprint density at radius 2 is 1.91 bits per heavy atom. The summed E-state index contributed by atoms with van der Waals surface area (Å²) in [5.41, 5.74) is 2.82. The summed E-state index contributed by atoms with van der Waals surface area (Å²) in [7, 11) is 0. The van der Waals surface area contributed by atoms with Gasteiger partial charge in [-0.05, 0) is 36.4 Å². The lowest BCUT2D eigenvalue weighted by molar-refractivity contribution is 0.174. The van der Waals surface area contributed by atoms with Gasteiger partial charge in [-0.1, -0.05) is 41.0 Å². The average molecular weight is 503 g/mol. The number of allylic oxidation sites excluding steroid dienone is 1. The number of rotatable bonds is 7. The van der Waals surface area contributed by atoms with Crippen molar-refractivity contribution >= 4 is 46.3 Å². The molecule has 32 heavy (non-hydrogen) atoms. The Labute approximate surface area is 202 Å². The van der Waals surface area contributed by atoms with Crippen LogP contribution in [0, 0.1) is 0 Å². The van der Waals surface area contributed by atoms with Crippen LogP contribution in [0.25, 0.3) is 22.0 Å². The van der Waals surface area contributed by atoms with E-state index in [0.717, 1.165) is 38.5 Å². The van der Waals surface area contributed by atoms with Crippen LogP contribution < -0.4 is 9.47 Å². The van der Waals surface area contributed by atoms with Gasteiger partial charge >= 0.3 is 0 Å². The van der Waals surface area contributed by atoms with Crippen molar-refractivity contribution in [1.82, 2.24) is 19.7 Å². The quantitative estimate of drug-likeness (QED) is 0.210. The predicted molar refractivity (Wildman–Crippen MR) is 129 cm³/mol. The summed E-state index contributed by atoms with van der Waals surface area (Å²) in [5.74, 6) is 2.89. The minimum absolute atomic E-state index is 0.258. The molecule has 10 heteroatoms. The first kappa shape index (κ1) is 21.3. The number of thiazole rings is 1. The van der Waals surface area contributed by atoms with Gasteiger partial charge in [0.15, 0.2) is 22.5 Å². The Bertz CT molecular complexity index is 1310. The Balaban J connectivity index is 1.34. The Morgan fingerprint density at radius 3 is 2.75 bits per heavy atom. The fraction of sp³-hybridized carbons (Fsp3) is 0.136. The number of aromatic nitrogens is 4. The molecular weight excluding hydrogens is 487 g/mol. The van der Waals surface area contributed by atoms with Crippen molar-refractivity contribution in [3.63, 3.8) is 0 Å². The highest BCUT2D eigenvalue weighted by molar-refractivity contribution is 7.98. The van der Waals surface area contributed by atoms with Gasteiger partial charge in [-0.3, -0.25) is 4.57 Å². The predicted octanol–water partition coefficient (Wildman–Crippen LogP) is 6.58. The Hall–Kier alpha value is -2.52. The number of nitrogens with zero attached hydrogens (tertiary/aromatic N) is 4. The lowest BCUT2D eigenvalue weighted by atomic mass is 10.2. The standard InChI is InChI=1S/C22H16Cl2N4O2S2/c1-2-7-28-20(13-3-5-16(23)17(24)8-13)26-27-22(28)32-11-15-10-31-21(25-15)14-4-6-18-19(9-14)30-12-29-18/h2-6,8-10H,1,7,11-12H2. The first-order chi connectivity index (χ1) is 15.6. The topological polar surface area (TPSA) is 62.1 Å². The van der Waals surface area contributed by atoms with Gasteiger partial charge in [0.1, 0.15) is 5.01 Å². The molecular formula is C22H16Cl2N4O2S2. The third-order valence-electron chi connectivity index (χ3n) is 4.73. The van der Waals surface area contributed by atoms with Gasteiger partial charge in [0.05, 0.1) is 15.7 Å². The van der Waals surface area contributed by atoms with Crippen molar-refractivity contribution in [3.05, 3.63) is 70.2 Å². The number of hydrogen-bond acceptors (Lipinski definition) is 7. The summed E-state index contributed by atoms with van der Waals surface area (Å²) < 4.78 is 12.9. The molecule has 2 aromatic heterocycles. The maximum Gasteiger partial charge on any atom is 0.231 e. The molecule has 0 spiro atoms. The molecule has 0 atom stereocenters. The Morgan fingerprint density at radius 1 is 1.06 bits per heavy atom. The third-order valence-corrected chi connectivity index (χ3v) is 7.41. The number of ether oxygens (including phenoxy) is 2. The van der Waals surface area contributed by atoms with Crippen molar-refractivity contribution in [2.24, 2.45) is 0 Å². The van der Waals surface area contributed by atoms with Crippen molar-refractivity contribution in [3.8, 4) is 33.5 Å². The molecule has 162 valence electrons. The molecule has 1 aliphatic heterocycles. The summed E-state index contributed by atoms with van der Waals surface area (Å²) in [6, 6.07) is 11.3. The highest BCUT2D eigenvalue weighted by Crippen LogP contribution is 2.37. The van der Waals surface area contributed by atoms with E-state index < -0.39 is 0 Å². The molecule has 0 amide bonds. The van der Waals surface area contributed by atoms with E-state index in [2.05, 4.69) is 22.2 Å². The van der Waals surface area contributed by atoms with E-state index in [1.807, 2.05) is 34.9 Å². The monoisotopic (exact) mass is 502 g/mol. The second kappa shape index (κ2) is 9.15. The van der Waals surface area contributed by atoms with Crippen LogP contribution in [-0.2, 0) is 12.3 Å². The molecule has 6 nitrogen and oxygen atoms in total. The zero-order valence-corrected chi connectivity index (χ0v) is 19.8.